The van der Waals surface area contributed by atoms with Gasteiger partial charge in [-0.1, -0.05) is 24.3 Å². The van der Waals surface area contributed by atoms with Gasteiger partial charge in [-0.2, -0.15) is 5.10 Å². The number of hydrogen-bond donors (Lipinski definition) is 2. The zero-order valence-electron chi connectivity index (χ0n) is 13.6. The highest BCUT2D eigenvalue weighted by Crippen LogP contribution is 2.20. The molecule has 2 aromatic heterocycles. The van der Waals surface area contributed by atoms with E-state index in [0.717, 1.165) is 27.9 Å². The number of hydrogen-bond acceptors (Lipinski definition) is 4. The monoisotopic (exact) mass is 318 g/mol. The van der Waals surface area contributed by atoms with Gasteiger partial charge in [-0.3, -0.25) is 0 Å². The molecule has 0 saturated heterocycles. The molecule has 0 aliphatic heterocycles. The second-order valence-corrected chi connectivity index (χ2v) is 5.90. The summed E-state index contributed by atoms with van der Waals surface area (Å²) >= 11 is 0. The second kappa shape index (κ2) is 5.81. The number of imidazole rings is 2. The highest BCUT2D eigenvalue weighted by Gasteiger charge is 2.11. The van der Waals surface area contributed by atoms with Crippen LogP contribution in [0.3, 0.4) is 0 Å². The van der Waals surface area contributed by atoms with Crippen molar-refractivity contribution in [3.8, 4) is 0 Å². The molecule has 4 aromatic rings. The lowest BCUT2D eigenvalue weighted by molar-refractivity contribution is 0.614. The molecule has 0 saturated carbocycles. The molecule has 0 fully saturated rings. The molecule has 0 bridgehead atoms. The summed E-state index contributed by atoms with van der Waals surface area (Å²) in [5, 5.41) is 4.29. The summed E-state index contributed by atoms with van der Waals surface area (Å²) in [6, 6.07) is 16.3. The van der Waals surface area contributed by atoms with Crippen molar-refractivity contribution in [2.24, 2.45) is 5.10 Å². The number of fused-ring (bicyclic) bond motifs is 2. The van der Waals surface area contributed by atoms with Crippen LogP contribution in [-0.4, -0.2) is 25.7 Å². The third-order valence-corrected chi connectivity index (χ3v) is 3.88. The highest BCUT2D eigenvalue weighted by molar-refractivity contribution is 5.85. The second-order valence-electron chi connectivity index (χ2n) is 5.90. The van der Waals surface area contributed by atoms with Crippen molar-refractivity contribution in [1.29, 1.82) is 0 Å². The summed E-state index contributed by atoms with van der Waals surface area (Å²) in [7, 11) is 0. The molecule has 2 heterocycles. The van der Waals surface area contributed by atoms with E-state index < -0.39 is 0 Å². The molecular formula is C18H18N6. The van der Waals surface area contributed by atoms with Crippen molar-refractivity contribution in [3.63, 3.8) is 0 Å². The third kappa shape index (κ3) is 2.52. The van der Waals surface area contributed by atoms with Gasteiger partial charge in [0.1, 0.15) is 0 Å². The normalized spacial score (nSPS) is 12.0. The Kier molecular flexibility index (Phi) is 3.49. The summed E-state index contributed by atoms with van der Waals surface area (Å²) < 4.78 is 2.17. The summed E-state index contributed by atoms with van der Waals surface area (Å²) in [5.41, 5.74) is 6.90. The van der Waals surface area contributed by atoms with Gasteiger partial charge in [-0.05, 0) is 38.1 Å². The van der Waals surface area contributed by atoms with E-state index >= 15 is 0 Å². The van der Waals surface area contributed by atoms with Crippen molar-refractivity contribution < 1.29 is 0 Å². The van der Waals surface area contributed by atoms with E-state index in [2.05, 4.69) is 50.0 Å². The van der Waals surface area contributed by atoms with Crippen LogP contribution in [-0.2, 0) is 0 Å². The fourth-order valence-electron chi connectivity index (χ4n) is 2.85. The van der Waals surface area contributed by atoms with E-state index in [1.165, 1.54) is 0 Å². The number of anilines is 1. The van der Waals surface area contributed by atoms with Gasteiger partial charge in [0.25, 0.3) is 0 Å². The van der Waals surface area contributed by atoms with Gasteiger partial charge in [0.05, 0.1) is 28.3 Å². The number of hydrazone groups is 1. The predicted molar refractivity (Wildman–Crippen MR) is 97.4 cm³/mol. The Morgan fingerprint density at radius 2 is 1.79 bits per heavy atom. The molecule has 2 N–H and O–H groups in total. The minimum absolute atomic E-state index is 0.296. The molecule has 0 radical (unpaired) electrons. The number of para-hydroxylation sites is 4. The summed E-state index contributed by atoms with van der Waals surface area (Å²) in [4.78, 5) is 12.3. The van der Waals surface area contributed by atoms with E-state index in [4.69, 9.17) is 0 Å². The summed E-state index contributed by atoms with van der Waals surface area (Å²) in [6.45, 7) is 4.27. The Morgan fingerprint density at radius 3 is 2.58 bits per heavy atom. The van der Waals surface area contributed by atoms with Gasteiger partial charge < -0.3 is 9.55 Å². The Labute approximate surface area is 139 Å². The maximum absolute atomic E-state index is 4.65. The topological polar surface area (TPSA) is 70.9 Å². The SMILES string of the molecule is CC(C)n1c(C=NNc2nc3ccccc3[nH]2)nc2ccccc21. The molecule has 120 valence electrons. The largest absolute Gasteiger partial charge is 0.323 e. The maximum Gasteiger partial charge on any atom is 0.222 e. The number of nitrogens with one attached hydrogen (secondary N) is 2. The van der Waals surface area contributed by atoms with Crippen LogP contribution in [0.15, 0.2) is 53.6 Å². The van der Waals surface area contributed by atoms with E-state index in [-0.39, 0.29) is 0 Å². The number of H-pyrrole nitrogens is 1. The molecule has 24 heavy (non-hydrogen) atoms. The first kappa shape index (κ1) is 14.4. The van der Waals surface area contributed by atoms with Crippen LogP contribution in [0.4, 0.5) is 5.95 Å². The number of benzene rings is 2. The van der Waals surface area contributed by atoms with Gasteiger partial charge in [0, 0.05) is 6.04 Å². The number of aromatic nitrogens is 4. The molecule has 0 unspecified atom stereocenters. The lowest BCUT2D eigenvalue weighted by Gasteiger charge is -2.10. The fraction of sp³-hybridized carbons (Fsp3) is 0.167. The lowest BCUT2D eigenvalue weighted by atomic mass is 10.3. The molecule has 6 nitrogen and oxygen atoms in total. The maximum atomic E-state index is 4.65. The quantitative estimate of drug-likeness (QED) is 0.442. The highest BCUT2D eigenvalue weighted by atomic mass is 15.4. The minimum Gasteiger partial charge on any atom is -0.323 e. The van der Waals surface area contributed by atoms with Crippen LogP contribution in [0.5, 0.6) is 0 Å². The first-order valence-electron chi connectivity index (χ1n) is 7.93. The van der Waals surface area contributed by atoms with E-state index in [0.29, 0.717) is 12.0 Å². The molecule has 0 spiro atoms. The van der Waals surface area contributed by atoms with Crippen molar-refractivity contribution >= 4 is 34.2 Å². The van der Waals surface area contributed by atoms with Crippen LogP contribution >= 0.6 is 0 Å². The molecule has 6 heteroatoms. The molecular weight excluding hydrogens is 300 g/mol. The van der Waals surface area contributed by atoms with Crippen LogP contribution in [0.2, 0.25) is 0 Å². The summed E-state index contributed by atoms with van der Waals surface area (Å²) in [5.74, 6) is 1.43. The van der Waals surface area contributed by atoms with Crippen molar-refractivity contribution in [2.45, 2.75) is 19.9 Å². The van der Waals surface area contributed by atoms with Crippen molar-refractivity contribution in [1.82, 2.24) is 19.5 Å². The van der Waals surface area contributed by atoms with Gasteiger partial charge in [-0.25, -0.2) is 15.4 Å². The first-order valence-corrected chi connectivity index (χ1v) is 7.93. The van der Waals surface area contributed by atoms with E-state index in [1.807, 2.05) is 42.5 Å². The van der Waals surface area contributed by atoms with Crippen LogP contribution < -0.4 is 5.43 Å². The van der Waals surface area contributed by atoms with Gasteiger partial charge in [-0.15, -0.1) is 0 Å². The lowest BCUT2D eigenvalue weighted by Crippen LogP contribution is -2.06. The number of nitrogens with zero attached hydrogens (tertiary/aromatic N) is 4. The van der Waals surface area contributed by atoms with Crippen molar-refractivity contribution in [2.75, 3.05) is 5.43 Å². The Morgan fingerprint density at radius 1 is 1.04 bits per heavy atom. The standard InChI is InChI=1S/C18H18N6/c1-12(2)24-16-10-6-5-9-15(16)20-17(24)11-19-23-18-21-13-7-3-4-8-14(13)22-18/h3-12H,1-2H3,(H2,21,22,23). The van der Waals surface area contributed by atoms with Crippen molar-refractivity contribution in [3.05, 3.63) is 54.4 Å². The van der Waals surface area contributed by atoms with Gasteiger partial charge >= 0.3 is 0 Å². The Balaban J connectivity index is 1.63. The molecule has 0 aliphatic carbocycles. The third-order valence-electron chi connectivity index (χ3n) is 3.88. The first-order chi connectivity index (χ1) is 11.7. The molecule has 0 atom stereocenters. The summed E-state index contributed by atoms with van der Waals surface area (Å²) in [6.07, 6.45) is 1.73. The number of rotatable bonds is 4. The molecule has 0 amide bonds. The van der Waals surface area contributed by atoms with Gasteiger partial charge in [0.15, 0.2) is 5.82 Å². The zero-order valence-corrected chi connectivity index (χ0v) is 13.6. The van der Waals surface area contributed by atoms with E-state index in [9.17, 15) is 0 Å². The fourth-order valence-corrected chi connectivity index (χ4v) is 2.85. The molecule has 2 aromatic carbocycles. The number of aromatic amines is 1. The average molecular weight is 318 g/mol. The molecule has 0 aliphatic rings. The smallest absolute Gasteiger partial charge is 0.222 e. The Bertz CT molecular complexity index is 991. The minimum atomic E-state index is 0.296. The van der Waals surface area contributed by atoms with Crippen LogP contribution in [0.1, 0.15) is 25.7 Å². The van der Waals surface area contributed by atoms with Crippen LogP contribution in [0.25, 0.3) is 22.1 Å². The average Bonchev–Trinajstić information content (AvgIpc) is 3.14. The van der Waals surface area contributed by atoms with E-state index in [1.54, 1.807) is 6.21 Å². The van der Waals surface area contributed by atoms with Gasteiger partial charge in [0.2, 0.25) is 5.95 Å². The predicted octanol–water partition coefficient (Wildman–Crippen LogP) is 3.94. The molecule has 4 rings (SSSR count). The van der Waals surface area contributed by atoms with Crippen LogP contribution in [0, 0.1) is 0 Å². The zero-order chi connectivity index (χ0) is 16.5. The Hall–Kier alpha value is -3.15.